The summed E-state index contributed by atoms with van der Waals surface area (Å²) in [7, 11) is 0. The normalized spacial score (nSPS) is 16.7. The first-order valence-corrected chi connectivity index (χ1v) is 6.62. The minimum atomic E-state index is 0.0805. The molecule has 1 aliphatic heterocycles. The van der Waals surface area contributed by atoms with E-state index in [1.165, 1.54) is 12.8 Å². The molecule has 0 aromatic heterocycles. The molecule has 0 aliphatic carbocycles. The van der Waals surface area contributed by atoms with Gasteiger partial charge in [-0.1, -0.05) is 30.5 Å². The van der Waals surface area contributed by atoms with Gasteiger partial charge < -0.3 is 4.90 Å². The molecule has 2 rings (SSSR count). The van der Waals surface area contributed by atoms with Crippen LogP contribution in [0.1, 0.15) is 41.6 Å². The molecule has 0 radical (unpaired) electrons. The highest BCUT2D eigenvalue weighted by Crippen LogP contribution is 2.21. The molecule has 1 amide bonds. The maximum Gasteiger partial charge on any atom is 0.255 e. The van der Waals surface area contributed by atoms with Crippen LogP contribution in [0.5, 0.6) is 0 Å². The van der Waals surface area contributed by atoms with Crippen molar-refractivity contribution >= 4 is 17.5 Å². The van der Waals surface area contributed by atoms with Crippen molar-refractivity contribution in [1.29, 1.82) is 0 Å². The first-order chi connectivity index (χ1) is 8.18. The summed E-state index contributed by atoms with van der Waals surface area (Å²) in [6.07, 6.45) is 4.67. The van der Waals surface area contributed by atoms with Crippen LogP contribution in [-0.4, -0.2) is 23.9 Å². The van der Waals surface area contributed by atoms with Gasteiger partial charge in [-0.2, -0.15) is 0 Å². The Hall–Kier alpha value is -1.02. The van der Waals surface area contributed by atoms with Crippen LogP contribution >= 0.6 is 11.6 Å². The number of halogens is 1. The highest BCUT2D eigenvalue weighted by Gasteiger charge is 2.19. The fraction of sp³-hybridized carbons (Fsp3) is 0.500. The average Bonchev–Trinajstić information content (AvgIpc) is 2.56. The van der Waals surface area contributed by atoms with Gasteiger partial charge in [-0.05, 0) is 37.5 Å². The van der Waals surface area contributed by atoms with Gasteiger partial charge in [0, 0.05) is 13.1 Å². The number of carbonyl (C=O) groups excluding carboxylic acids is 1. The van der Waals surface area contributed by atoms with E-state index in [2.05, 4.69) is 0 Å². The number of aryl methyl sites for hydroxylation is 1. The quantitative estimate of drug-likeness (QED) is 0.746. The lowest BCUT2D eigenvalue weighted by Gasteiger charge is -2.20. The molecule has 17 heavy (non-hydrogen) atoms. The van der Waals surface area contributed by atoms with Crippen molar-refractivity contribution in [2.75, 3.05) is 13.1 Å². The van der Waals surface area contributed by atoms with Crippen LogP contribution in [0.4, 0.5) is 0 Å². The standard InChI is InChI=1S/C14H18ClNO/c1-11-6-7-12(13(15)10-11)14(17)16-8-4-2-3-5-9-16/h6-7,10H,2-5,8-9H2,1H3. The van der Waals surface area contributed by atoms with Crippen molar-refractivity contribution in [3.05, 3.63) is 34.3 Å². The van der Waals surface area contributed by atoms with Crippen molar-refractivity contribution < 1.29 is 4.79 Å². The predicted molar refractivity (Wildman–Crippen MR) is 70.6 cm³/mol. The van der Waals surface area contributed by atoms with Gasteiger partial charge in [0.1, 0.15) is 0 Å². The molecule has 1 aromatic rings. The third kappa shape index (κ3) is 3.01. The molecular weight excluding hydrogens is 234 g/mol. The van der Waals surface area contributed by atoms with Crippen molar-refractivity contribution in [3.8, 4) is 0 Å². The zero-order valence-electron chi connectivity index (χ0n) is 10.2. The summed E-state index contributed by atoms with van der Waals surface area (Å²) in [6, 6.07) is 5.63. The fourth-order valence-corrected chi connectivity index (χ4v) is 2.55. The molecule has 92 valence electrons. The average molecular weight is 252 g/mol. The topological polar surface area (TPSA) is 20.3 Å². The highest BCUT2D eigenvalue weighted by molar-refractivity contribution is 6.33. The van der Waals surface area contributed by atoms with E-state index in [-0.39, 0.29) is 5.91 Å². The van der Waals surface area contributed by atoms with E-state index < -0.39 is 0 Å². The summed E-state index contributed by atoms with van der Waals surface area (Å²) < 4.78 is 0. The van der Waals surface area contributed by atoms with E-state index in [1.54, 1.807) is 0 Å². The van der Waals surface area contributed by atoms with Crippen LogP contribution < -0.4 is 0 Å². The molecular formula is C14H18ClNO. The van der Waals surface area contributed by atoms with E-state index in [0.29, 0.717) is 10.6 Å². The van der Waals surface area contributed by atoms with Crippen LogP contribution in [0.2, 0.25) is 5.02 Å². The molecule has 1 saturated heterocycles. The zero-order chi connectivity index (χ0) is 12.3. The molecule has 0 atom stereocenters. The predicted octanol–water partition coefficient (Wildman–Crippen LogP) is 3.66. The van der Waals surface area contributed by atoms with E-state index in [9.17, 15) is 4.79 Å². The molecule has 1 aromatic carbocycles. The monoisotopic (exact) mass is 251 g/mol. The highest BCUT2D eigenvalue weighted by atomic mass is 35.5. The molecule has 0 bridgehead atoms. The number of rotatable bonds is 1. The first kappa shape index (κ1) is 12.4. The largest absolute Gasteiger partial charge is 0.339 e. The van der Waals surface area contributed by atoms with Crippen LogP contribution in [0, 0.1) is 6.92 Å². The Morgan fingerprint density at radius 2 is 1.82 bits per heavy atom. The maximum absolute atomic E-state index is 12.3. The second-order valence-electron chi connectivity index (χ2n) is 4.69. The Kier molecular flexibility index (Phi) is 4.06. The Bertz CT molecular complexity index is 409. The van der Waals surface area contributed by atoms with Gasteiger partial charge in [0.05, 0.1) is 10.6 Å². The van der Waals surface area contributed by atoms with E-state index in [1.807, 2.05) is 30.0 Å². The fourth-order valence-electron chi connectivity index (χ4n) is 2.24. The second kappa shape index (κ2) is 5.54. The Morgan fingerprint density at radius 1 is 1.18 bits per heavy atom. The number of amides is 1. The summed E-state index contributed by atoms with van der Waals surface area (Å²) >= 11 is 6.14. The maximum atomic E-state index is 12.3. The number of benzene rings is 1. The van der Waals surface area contributed by atoms with Gasteiger partial charge in [0.2, 0.25) is 0 Å². The summed E-state index contributed by atoms with van der Waals surface area (Å²) in [5.74, 6) is 0.0805. The van der Waals surface area contributed by atoms with Gasteiger partial charge >= 0.3 is 0 Å². The zero-order valence-corrected chi connectivity index (χ0v) is 11.0. The van der Waals surface area contributed by atoms with Gasteiger partial charge in [-0.15, -0.1) is 0 Å². The minimum absolute atomic E-state index is 0.0805. The van der Waals surface area contributed by atoms with Crippen LogP contribution in [0.3, 0.4) is 0 Å². The summed E-state index contributed by atoms with van der Waals surface area (Å²) in [4.78, 5) is 14.3. The van der Waals surface area contributed by atoms with E-state index >= 15 is 0 Å². The lowest BCUT2D eigenvalue weighted by molar-refractivity contribution is 0.0762. The number of hydrogen-bond donors (Lipinski definition) is 0. The number of carbonyl (C=O) groups is 1. The smallest absolute Gasteiger partial charge is 0.255 e. The number of likely N-dealkylation sites (tertiary alicyclic amines) is 1. The van der Waals surface area contributed by atoms with Gasteiger partial charge in [0.25, 0.3) is 5.91 Å². The molecule has 1 heterocycles. The van der Waals surface area contributed by atoms with Gasteiger partial charge in [0.15, 0.2) is 0 Å². The van der Waals surface area contributed by atoms with E-state index in [0.717, 1.165) is 31.5 Å². The van der Waals surface area contributed by atoms with Crippen LogP contribution in [-0.2, 0) is 0 Å². The molecule has 0 N–H and O–H groups in total. The number of hydrogen-bond acceptors (Lipinski definition) is 1. The SMILES string of the molecule is Cc1ccc(C(=O)N2CCCCCC2)c(Cl)c1. The second-order valence-corrected chi connectivity index (χ2v) is 5.10. The summed E-state index contributed by atoms with van der Waals surface area (Å²) in [5.41, 5.74) is 1.72. The van der Waals surface area contributed by atoms with E-state index in [4.69, 9.17) is 11.6 Å². The Balaban J connectivity index is 2.17. The molecule has 3 heteroatoms. The lowest BCUT2D eigenvalue weighted by Crippen LogP contribution is -2.32. The van der Waals surface area contributed by atoms with Crippen LogP contribution in [0.15, 0.2) is 18.2 Å². The minimum Gasteiger partial charge on any atom is -0.339 e. The van der Waals surface area contributed by atoms with Crippen molar-refractivity contribution in [2.45, 2.75) is 32.6 Å². The van der Waals surface area contributed by atoms with Crippen molar-refractivity contribution in [1.82, 2.24) is 4.90 Å². The third-order valence-corrected chi connectivity index (χ3v) is 3.56. The Labute approximate surface area is 108 Å². The van der Waals surface area contributed by atoms with Crippen molar-refractivity contribution in [2.24, 2.45) is 0 Å². The van der Waals surface area contributed by atoms with Crippen molar-refractivity contribution in [3.63, 3.8) is 0 Å². The summed E-state index contributed by atoms with van der Waals surface area (Å²) in [6.45, 7) is 3.71. The van der Waals surface area contributed by atoms with Crippen LogP contribution in [0.25, 0.3) is 0 Å². The molecule has 1 fully saturated rings. The molecule has 1 aliphatic rings. The molecule has 2 nitrogen and oxygen atoms in total. The first-order valence-electron chi connectivity index (χ1n) is 6.24. The Morgan fingerprint density at radius 3 is 2.41 bits per heavy atom. The molecule has 0 unspecified atom stereocenters. The van der Waals surface area contributed by atoms with Gasteiger partial charge in [-0.3, -0.25) is 4.79 Å². The summed E-state index contributed by atoms with van der Waals surface area (Å²) in [5, 5.41) is 0.569. The lowest BCUT2D eigenvalue weighted by atomic mass is 10.1. The number of nitrogens with zero attached hydrogens (tertiary/aromatic N) is 1. The third-order valence-electron chi connectivity index (χ3n) is 3.25. The van der Waals surface area contributed by atoms with Gasteiger partial charge in [-0.25, -0.2) is 0 Å². The molecule has 0 spiro atoms. The molecule has 0 saturated carbocycles.